The van der Waals surface area contributed by atoms with Crippen LogP contribution in [0.5, 0.6) is 0 Å². The fraction of sp³-hybridized carbons (Fsp3) is 0.0233. The van der Waals surface area contributed by atoms with Gasteiger partial charge >= 0.3 is 0 Å². The summed E-state index contributed by atoms with van der Waals surface area (Å²) in [6.07, 6.45) is 5.85. The van der Waals surface area contributed by atoms with Crippen LogP contribution < -0.4 is 0 Å². The van der Waals surface area contributed by atoms with Crippen molar-refractivity contribution in [3.8, 4) is 45.4 Å². The molecule has 244 valence electrons. The lowest BCUT2D eigenvalue weighted by atomic mass is 9.77. The molecule has 8 heteroatoms. The van der Waals surface area contributed by atoms with Gasteiger partial charge in [-0.05, 0) is 65.2 Å². The van der Waals surface area contributed by atoms with Gasteiger partial charge in [0.1, 0.15) is 28.4 Å². The molecule has 0 atom stereocenters. The third-order valence-electron chi connectivity index (χ3n) is 9.24. The Balaban J connectivity index is 1.28. The molecule has 9 rings (SSSR count). The number of fused-ring (bicyclic) bond motifs is 1. The average molecular weight is 665 g/mol. The molecule has 4 heterocycles. The van der Waals surface area contributed by atoms with Gasteiger partial charge in [-0.25, -0.2) is 9.37 Å². The van der Waals surface area contributed by atoms with Crippen molar-refractivity contribution < 1.29 is 8.91 Å². The molecule has 0 fully saturated rings. The molecule has 51 heavy (non-hydrogen) atoms. The zero-order chi connectivity index (χ0) is 34.2. The van der Waals surface area contributed by atoms with Crippen LogP contribution in [0.4, 0.5) is 4.39 Å². The topological polar surface area (TPSA) is 74.0 Å². The van der Waals surface area contributed by atoms with Crippen LogP contribution in [-0.2, 0) is 5.54 Å². The Labute approximate surface area is 292 Å². The van der Waals surface area contributed by atoms with Gasteiger partial charge in [0.05, 0.1) is 6.20 Å². The first kappa shape index (κ1) is 30.2. The van der Waals surface area contributed by atoms with Gasteiger partial charge in [0.25, 0.3) is 5.89 Å². The maximum Gasteiger partial charge on any atom is 0.258 e. The van der Waals surface area contributed by atoms with Crippen molar-refractivity contribution in [3.63, 3.8) is 0 Å². The van der Waals surface area contributed by atoms with Crippen LogP contribution in [0.3, 0.4) is 0 Å². The van der Waals surface area contributed by atoms with E-state index in [4.69, 9.17) is 14.6 Å². The molecule has 0 amide bonds. The number of halogens is 1. The SMILES string of the molecule is Fc1ccc(-c2nn(C(c3ccccc3)(c3ccccc3)c3ccccc3)cc2-c2ccc3ncc(-c4noc(-c5ccccc5)n4)n3c2)cc1. The molecule has 7 nitrogen and oxygen atoms in total. The monoisotopic (exact) mass is 664 g/mol. The summed E-state index contributed by atoms with van der Waals surface area (Å²) in [5, 5.41) is 9.70. The Morgan fingerprint density at radius 1 is 0.569 bits per heavy atom. The summed E-state index contributed by atoms with van der Waals surface area (Å²) in [5.41, 5.74) is 7.74. The summed E-state index contributed by atoms with van der Waals surface area (Å²) in [6, 6.07) is 51.3. The van der Waals surface area contributed by atoms with Gasteiger partial charge in [0.15, 0.2) is 0 Å². The van der Waals surface area contributed by atoms with Gasteiger partial charge < -0.3 is 4.52 Å². The smallest absolute Gasteiger partial charge is 0.258 e. The molecule has 9 aromatic rings. The summed E-state index contributed by atoms with van der Waals surface area (Å²) in [4.78, 5) is 9.34. The highest BCUT2D eigenvalue weighted by atomic mass is 19.1. The maximum atomic E-state index is 14.3. The number of rotatable bonds is 8. The number of imidazole rings is 1. The molecule has 0 aliphatic rings. The average Bonchev–Trinajstić information content (AvgIpc) is 3.96. The predicted octanol–water partition coefficient (Wildman–Crippen LogP) is 9.56. The summed E-state index contributed by atoms with van der Waals surface area (Å²) < 4.78 is 23.9. The van der Waals surface area contributed by atoms with E-state index < -0.39 is 5.54 Å². The van der Waals surface area contributed by atoms with Crippen LogP contribution in [0.2, 0.25) is 0 Å². The molecule has 0 bridgehead atoms. The predicted molar refractivity (Wildman–Crippen MR) is 195 cm³/mol. The second-order valence-electron chi connectivity index (χ2n) is 12.2. The van der Waals surface area contributed by atoms with Gasteiger partial charge in [-0.3, -0.25) is 9.08 Å². The van der Waals surface area contributed by atoms with E-state index in [1.165, 1.54) is 12.1 Å². The first-order valence-electron chi connectivity index (χ1n) is 16.6. The Kier molecular flexibility index (Phi) is 7.39. The third-order valence-corrected chi connectivity index (χ3v) is 9.24. The van der Waals surface area contributed by atoms with Crippen molar-refractivity contribution in [1.82, 2.24) is 29.3 Å². The molecule has 4 aromatic heterocycles. The third kappa shape index (κ3) is 5.21. The van der Waals surface area contributed by atoms with Crippen molar-refractivity contribution in [2.45, 2.75) is 5.54 Å². The minimum atomic E-state index is -0.848. The van der Waals surface area contributed by atoms with E-state index in [1.54, 1.807) is 18.3 Å². The summed E-state index contributed by atoms with van der Waals surface area (Å²) >= 11 is 0. The zero-order valence-electron chi connectivity index (χ0n) is 27.2. The first-order chi connectivity index (χ1) is 25.2. The Hall–Kier alpha value is -6.93. The van der Waals surface area contributed by atoms with E-state index in [-0.39, 0.29) is 5.82 Å². The Morgan fingerprint density at radius 3 is 1.75 bits per heavy atom. The Bertz CT molecular complexity index is 2480. The van der Waals surface area contributed by atoms with Crippen molar-refractivity contribution >= 4 is 5.65 Å². The van der Waals surface area contributed by atoms with Crippen molar-refractivity contribution in [2.24, 2.45) is 0 Å². The maximum absolute atomic E-state index is 14.3. The molecule has 0 aliphatic carbocycles. The van der Waals surface area contributed by atoms with Crippen LogP contribution in [0.15, 0.2) is 181 Å². The van der Waals surface area contributed by atoms with Crippen LogP contribution >= 0.6 is 0 Å². The number of nitrogens with zero attached hydrogens (tertiary/aromatic N) is 6. The molecular weight excluding hydrogens is 636 g/mol. The highest BCUT2D eigenvalue weighted by Gasteiger charge is 2.40. The van der Waals surface area contributed by atoms with E-state index in [1.807, 2.05) is 75.9 Å². The van der Waals surface area contributed by atoms with Crippen LogP contribution in [0, 0.1) is 5.82 Å². The molecule has 0 unspecified atom stereocenters. The first-order valence-corrected chi connectivity index (χ1v) is 16.6. The van der Waals surface area contributed by atoms with Crippen LogP contribution in [0.25, 0.3) is 51.0 Å². The highest BCUT2D eigenvalue weighted by molar-refractivity contribution is 5.81. The highest BCUT2D eigenvalue weighted by Crippen LogP contribution is 2.43. The second kappa shape index (κ2) is 12.5. The number of benzene rings is 5. The van der Waals surface area contributed by atoms with Crippen LogP contribution in [0.1, 0.15) is 16.7 Å². The molecule has 0 aliphatic heterocycles. The normalized spacial score (nSPS) is 11.6. The summed E-state index contributed by atoms with van der Waals surface area (Å²) in [6.45, 7) is 0. The minimum Gasteiger partial charge on any atom is -0.334 e. The molecular formula is C43H29FN6O. The molecule has 0 N–H and O–H groups in total. The lowest BCUT2D eigenvalue weighted by Gasteiger charge is -2.36. The van der Waals surface area contributed by atoms with Gasteiger partial charge in [0.2, 0.25) is 5.82 Å². The van der Waals surface area contributed by atoms with E-state index >= 15 is 0 Å². The zero-order valence-corrected chi connectivity index (χ0v) is 27.2. The van der Waals surface area contributed by atoms with Gasteiger partial charge in [-0.15, -0.1) is 0 Å². The summed E-state index contributed by atoms with van der Waals surface area (Å²) in [5.74, 6) is 0.534. The minimum absolute atomic E-state index is 0.314. The lowest BCUT2D eigenvalue weighted by Crippen LogP contribution is -2.38. The van der Waals surface area contributed by atoms with Crippen molar-refractivity contribution in [1.29, 1.82) is 0 Å². The molecule has 0 spiro atoms. The van der Waals surface area contributed by atoms with Crippen molar-refractivity contribution in [3.05, 3.63) is 199 Å². The molecule has 5 aromatic carbocycles. The standard InChI is InChI=1S/C43H29FN6O/c44-36-24-21-30(22-25-36)40-37(32-23-26-39-45-27-38(49(39)28-32)41-46-42(51-48-41)31-13-5-1-6-14-31)29-50(47-40)43(33-15-7-2-8-16-33,34-17-9-3-10-18-34)35-19-11-4-12-20-35/h1-29H. The van der Waals surface area contributed by atoms with Gasteiger partial charge in [0, 0.05) is 34.6 Å². The lowest BCUT2D eigenvalue weighted by molar-refractivity contribution is 0.432. The van der Waals surface area contributed by atoms with E-state index in [2.05, 4.69) is 89.1 Å². The van der Waals surface area contributed by atoms with Crippen LogP contribution in [-0.4, -0.2) is 29.3 Å². The van der Waals surface area contributed by atoms with Gasteiger partial charge in [-0.2, -0.15) is 10.1 Å². The number of pyridine rings is 1. The molecule has 0 saturated heterocycles. The molecule has 0 saturated carbocycles. The summed E-state index contributed by atoms with van der Waals surface area (Å²) in [7, 11) is 0. The van der Waals surface area contributed by atoms with E-state index in [0.717, 1.165) is 44.6 Å². The number of aromatic nitrogens is 6. The number of hydrogen-bond donors (Lipinski definition) is 0. The van der Waals surface area contributed by atoms with E-state index in [9.17, 15) is 4.39 Å². The quantitative estimate of drug-likeness (QED) is 0.151. The fourth-order valence-electron chi connectivity index (χ4n) is 6.84. The number of hydrogen-bond acceptors (Lipinski definition) is 5. The second-order valence-corrected chi connectivity index (χ2v) is 12.2. The largest absolute Gasteiger partial charge is 0.334 e. The molecule has 0 radical (unpaired) electrons. The Morgan fingerprint density at radius 2 is 1.14 bits per heavy atom. The van der Waals surface area contributed by atoms with Gasteiger partial charge in [-0.1, -0.05) is 114 Å². The fourth-order valence-corrected chi connectivity index (χ4v) is 6.84. The van der Waals surface area contributed by atoms with E-state index in [0.29, 0.717) is 23.1 Å². The van der Waals surface area contributed by atoms with Crippen molar-refractivity contribution in [2.75, 3.05) is 0 Å².